The molecule has 0 aliphatic heterocycles. The highest BCUT2D eigenvalue weighted by molar-refractivity contribution is 7.80. The number of pyridine rings is 1. The third kappa shape index (κ3) is 4.49. The number of hydrogen-bond acceptors (Lipinski definition) is 4. The summed E-state index contributed by atoms with van der Waals surface area (Å²) in [6.45, 7) is 0. The first kappa shape index (κ1) is 19.0. The van der Waals surface area contributed by atoms with Crippen molar-refractivity contribution >= 4 is 32.1 Å². The zero-order chi connectivity index (χ0) is 19.4. The molecular formula is C21H19NO4S. The van der Waals surface area contributed by atoms with Crippen LogP contribution in [-0.2, 0) is 21.6 Å². The summed E-state index contributed by atoms with van der Waals surface area (Å²) in [5, 5.41) is 3.85. The van der Waals surface area contributed by atoms with E-state index < -0.39 is 10.4 Å². The molecule has 0 bridgehead atoms. The van der Waals surface area contributed by atoms with Crippen molar-refractivity contribution in [2.24, 2.45) is 7.05 Å². The lowest BCUT2D eigenvalue weighted by Gasteiger charge is -2.07. The molecule has 0 saturated carbocycles. The Labute approximate surface area is 158 Å². The molecular weight excluding hydrogens is 362 g/mol. The van der Waals surface area contributed by atoms with Gasteiger partial charge in [-0.3, -0.25) is 4.18 Å². The number of benzene rings is 3. The van der Waals surface area contributed by atoms with Crippen molar-refractivity contribution in [3.8, 4) is 11.1 Å². The molecule has 0 unspecified atom stereocenters. The fraction of sp³-hybridized carbons (Fsp3) is 0.0952. The van der Waals surface area contributed by atoms with Crippen LogP contribution in [0.25, 0.3) is 32.8 Å². The van der Waals surface area contributed by atoms with E-state index in [2.05, 4.69) is 94.8 Å². The van der Waals surface area contributed by atoms with Crippen molar-refractivity contribution < 1.29 is 21.7 Å². The molecule has 1 heterocycles. The van der Waals surface area contributed by atoms with Crippen LogP contribution >= 0.6 is 0 Å². The number of para-hydroxylation sites is 1. The summed E-state index contributed by atoms with van der Waals surface area (Å²) < 4.78 is 33.2. The predicted octanol–water partition coefficient (Wildman–Crippen LogP) is 3.58. The Balaban J connectivity index is 0.000000307. The van der Waals surface area contributed by atoms with Gasteiger partial charge in [-0.2, -0.15) is 0 Å². The van der Waals surface area contributed by atoms with E-state index in [0.29, 0.717) is 0 Å². The summed E-state index contributed by atoms with van der Waals surface area (Å²) in [7, 11) is -1.50. The third-order valence-corrected chi connectivity index (χ3v) is 4.67. The van der Waals surface area contributed by atoms with Crippen molar-refractivity contribution in [1.29, 1.82) is 0 Å². The van der Waals surface area contributed by atoms with Gasteiger partial charge in [-0.25, -0.2) is 13.0 Å². The van der Waals surface area contributed by atoms with Crippen LogP contribution in [0.3, 0.4) is 0 Å². The lowest BCUT2D eigenvalue weighted by molar-refractivity contribution is -0.644. The number of hydrogen-bond donors (Lipinski definition) is 0. The van der Waals surface area contributed by atoms with E-state index in [1.165, 1.54) is 32.8 Å². The maximum atomic E-state index is 9.22. The Morgan fingerprint density at radius 1 is 0.889 bits per heavy atom. The normalized spacial score (nSPS) is 11.2. The molecule has 0 aliphatic carbocycles. The molecule has 4 rings (SSSR count). The van der Waals surface area contributed by atoms with E-state index in [0.717, 1.165) is 7.11 Å². The van der Waals surface area contributed by atoms with Gasteiger partial charge in [0.25, 0.3) is 0 Å². The average molecular weight is 381 g/mol. The number of fused-ring (bicyclic) bond motifs is 2. The van der Waals surface area contributed by atoms with Gasteiger partial charge in [-0.05, 0) is 28.5 Å². The highest BCUT2D eigenvalue weighted by atomic mass is 32.3. The first-order chi connectivity index (χ1) is 12.9. The average Bonchev–Trinajstić information content (AvgIpc) is 2.67. The molecule has 6 heteroatoms. The highest BCUT2D eigenvalue weighted by Crippen LogP contribution is 2.29. The molecule has 0 amide bonds. The maximum absolute atomic E-state index is 9.22. The fourth-order valence-electron chi connectivity index (χ4n) is 3.04. The van der Waals surface area contributed by atoms with E-state index in [9.17, 15) is 13.0 Å². The number of aryl methyl sites for hydroxylation is 1. The van der Waals surface area contributed by atoms with Crippen molar-refractivity contribution in [3.63, 3.8) is 0 Å². The summed E-state index contributed by atoms with van der Waals surface area (Å²) in [6.07, 6.45) is 2.21. The monoisotopic (exact) mass is 381 g/mol. The van der Waals surface area contributed by atoms with Crippen molar-refractivity contribution in [1.82, 2.24) is 0 Å². The van der Waals surface area contributed by atoms with Gasteiger partial charge in [0.15, 0.2) is 6.20 Å². The quantitative estimate of drug-likeness (QED) is 0.302. The molecule has 0 saturated heterocycles. The molecule has 0 spiro atoms. The molecule has 0 aliphatic rings. The minimum absolute atomic E-state index is 0.808. The van der Waals surface area contributed by atoms with Crippen LogP contribution in [0.4, 0.5) is 0 Å². The molecule has 4 aromatic rings. The van der Waals surface area contributed by atoms with Crippen molar-refractivity contribution in [2.45, 2.75) is 0 Å². The highest BCUT2D eigenvalue weighted by Gasteiger charge is 2.10. The predicted molar refractivity (Wildman–Crippen MR) is 105 cm³/mol. The second-order valence-electron chi connectivity index (χ2n) is 6.00. The largest absolute Gasteiger partial charge is 0.726 e. The van der Waals surface area contributed by atoms with Gasteiger partial charge in [-0.15, -0.1) is 0 Å². The zero-order valence-electron chi connectivity index (χ0n) is 15.0. The molecule has 138 valence electrons. The minimum Gasteiger partial charge on any atom is -0.726 e. The summed E-state index contributed by atoms with van der Waals surface area (Å²) in [6, 6.07) is 25.8. The topological polar surface area (TPSA) is 70.3 Å². The van der Waals surface area contributed by atoms with E-state index in [-0.39, 0.29) is 0 Å². The van der Waals surface area contributed by atoms with Crippen LogP contribution in [0.5, 0.6) is 0 Å². The third-order valence-electron chi connectivity index (χ3n) is 4.27. The lowest BCUT2D eigenvalue weighted by Crippen LogP contribution is -2.28. The fourth-order valence-corrected chi connectivity index (χ4v) is 3.04. The van der Waals surface area contributed by atoms with Gasteiger partial charge >= 0.3 is 0 Å². The molecule has 0 N–H and O–H groups in total. The molecule has 0 fully saturated rings. The van der Waals surface area contributed by atoms with Crippen molar-refractivity contribution in [2.75, 3.05) is 7.11 Å². The Hall–Kier alpha value is -2.80. The van der Waals surface area contributed by atoms with Crippen LogP contribution in [0.2, 0.25) is 0 Å². The smallest absolute Gasteiger partial charge is 0.217 e. The Morgan fingerprint density at radius 3 is 2.19 bits per heavy atom. The molecule has 3 aromatic carbocycles. The maximum Gasteiger partial charge on any atom is 0.217 e. The van der Waals surface area contributed by atoms with Gasteiger partial charge < -0.3 is 4.55 Å². The molecule has 5 nitrogen and oxygen atoms in total. The van der Waals surface area contributed by atoms with Crippen molar-refractivity contribution in [3.05, 3.63) is 79.0 Å². The van der Waals surface area contributed by atoms with Crippen LogP contribution in [0, 0.1) is 0 Å². The molecule has 1 aromatic heterocycles. The Morgan fingerprint density at radius 2 is 1.48 bits per heavy atom. The summed E-state index contributed by atoms with van der Waals surface area (Å²) in [5.41, 5.74) is 3.80. The summed E-state index contributed by atoms with van der Waals surface area (Å²) in [4.78, 5) is 0. The second kappa shape index (κ2) is 7.84. The first-order valence-corrected chi connectivity index (χ1v) is 9.60. The van der Waals surface area contributed by atoms with Gasteiger partial charge in [0.05, 0.1) is 7.11 Å². The van der Waals surface area contributed by atoms with Crippen LogP contribution in [0.1, 0.15) is 0 Å². The van der Waals surface area contributed by atoms with Crippen LogP contribution < -0.4 is 4.57 Å². The lowest BCUT2D eigenvalue weighted by atomic mass is 9.98. The molecule has 0 atom stereocenters. The number of nitrogens with zero attached hydrogens (tertiary/aromatic N) is 1. The summed E-state index contributed by atoms with van der Waals surface area (Å²) in [5.74, 6) is 0. The number of aromatic nitrogens is 1. The molecule has 0 radical (unpaired) electrons. The van der Waals surface area contributed by atoms with Gasteiger partial charge in [0.2, 0.25) is 15.9 Å². The first-order valence-electron chi connectivity index (χ1n) is 8.27. The van der Waals surface area contributed by atoms with Gasteiger partial charge in [-0.1, -0.05) is 54.6 Å². The number of rotatable bonds is 2. The SMILES string of the molecule is COS(=O)(=O)[O-].C[n+]1cc(-c2cccc3ccccc23)cc2ccccc21. The van der Waals surface area contributed by atoms with Crippen LogP contribution in [0.15, 0.2) is 79.0 Å². The van der Waals surface area contributed by atoms with E-state index >= 15 is 0 Å². The zero-order valence-corrected chi connectivity index (χ0v) is 15.8. The Kier molecular flexibility index (Phi) is 5.51. The molecule has 27 heavy (non-hydrogen) atoms. The van der Waals surface area contributed by atoms with E-state index in [4.69, 9.17) is 0 Å². The standard InChI is InChI=1S/C20H16N.CH4O4S/c1-21-14-17(13-16-8-3-5-12-20(16)21)19-11-6-9-15-7-2-4-10-18(15)19;1-5-6(2,3)4/h2-14H,1H3;1H3,(H,2,3,4)/q+1;/p-1. The summed E-state index contributed by atoms with van der Waals surface area (Å²) >= 11 is 0. The second-order valence-corrected chi connectivity index (χ2v) is 7.15. The minimum atomic E-state index is -4.41. The van der Waals surface area contributed by atoms with E-state index in [1.54, 1.807) is 0 Å². The Bertz CT molecular complexity index is 1200. The van der Waals surface area contributed by atoms with Gasteiger partial charge in [0, 0.05) is 17.0 Å². The van der Waals surface area contributed by atoms with Crippen LogP contribution in [-0.4, -0.2) is 20.1 Å². The van der Waals surface area contributed by atoms with Gasteiger partial charge in [0.1, 0.15) is 7.05 Å². The van der Waals surface area contributed by atoms with E-state index in [1.807, 2.05) is 0 Å².